The van der Waals surface area contributed by atoms with Crippen molar-refractivity contribution in [3.8, 4) is 5.75 Å². The first-order chi connectivity index (χ1) is 13.0. The van der Waals surface area contributed by atoms with E-state index in [9.17, 15) is 4.79 Å². The number of nitrogens with zero attached hydrogens (tertiary/aromatic N) is 5. The van der Waals surface area contributed by atoms with E-state index in [1.54, 1.807) is 19.5 Å². The number of methoxy groups -OCH3 is 1. The first-order valence-electron chi connectivity index (χ1n) is 9.69. The number of rotatable bonds is 6. The molecular weight excluding hydrogens is 346 g/mol. The molecule has 0 unspecified atom stereocenters. The second-order valence-corrected chi connectivity index (χ2v) is 7.66. The largest absolute Gasteiger partial charge is 0.494 e. The van der Waals surface area contributed by atoms with Crippen LogP contribution in [0.1, 0.15) is 25.7 Å². The van der Waals surface area contributed by atoms with Crippen LogP contribution in [0.15, 0.2) is 12.4 Å². The van der Waals surface area contributed by atoms with E-state index in [1.807, 2.05) is 4.90 Å². The zero-order chi connectivity index (χ0) is 19.3. The number of aromatic nitrogens is 2. The molecule has 0 saturated carbocycles. The number of anilines is 1. The molecule has 3 rings (SSSR count). The topological polar surface area (TPSA) is 71.0 Å². The van der Waals surface area contributed by atoms with Crippen molar-refractivity contribution in [1.29, 1.82) is 0 Å². The molecule has 0 N–H and O–H groups in total. The second-order valence-electron chi connectivity index (χ2n) is 7.66. The maximum absolute atomic E-state index is 12.8. The lowest BCUT2D eigenvalue weighted by Gasteiger charge is -2.40. The minimum Gasteiger partial charge on any atom is -0.494 e. The molecule has 3 heterocycles. The van der Waals surface area contributed by atoms with Crippen LogP contribution in [0.2, 0.25) is 0 Å². The molecule has 8 nitrogen and oxygen atoms in total. The lowest BCUT2D eigenvalue weighted by atomic mass is 9.87. The predicted octanol–water partition coefficient (Wildman–Crippen LogP) is 1.02. The molecule has 0 aliphatic carbocycles. The molecule has 0 aromatic carbocycles. The molecule has 150 valence electrons. The summed E-state index contributed by atoms with van der Waals surface area (Å²) in [4.78, 5) is 27.8. The number of hydrogen-bond donors (Lipinski definition) is 0. The molecule has 2 fully saturated rings. The van der Waals surface area contributed by atoms with E-state index in [1.165, 1.54) is 0 Å². The molecule has 2 aliphatic rings. The summed E-state index contributed by atoms with van der Waals surface area (Å²) in [5.41, 5.74) is -0.337. The van der Waals surface area contributed by atoms with Crippen LogP contribution in [0, 0.1) is 0 Å². The molecule has 0 bridgehead atoms. The SMILES string of the molecule is COc1cnc(N2CCC3(CC2)CC(=O)N(CCCN(C)C)CCO3)nc1. The van der Waals surface area contributed by atoms with Crippen molar-refractivity contribution in [3.05, 3.63) is 12.4 Å². The van der Waals surface area contributed by atoms with Gasteiger partial charge in [0.15, 0.2) is 5.75 Å². The fraction of sp³-hybridized carbons (Fsp3) is 0.737. The zero-order valence-corrected chi connectivity index (χ0v) is 16.7. The molecule has 1 aromatic rings. The van der Waals surface area contributed by atoms with E-state index in [0.717, 1.165) is 45.4 Å². The van der Waals surface area contributed by atoms with E-state index < -0.39 is 0 Å². The highest BCUT2D eigenvalue weighted by Crippen LogP contribution is 2.33. The Morgan fingerprint density at radius 3 is 2.56 bits per heavy atom. The number of amides is 1. The third-order valence-corrected chi connectivity index (χ3v) is 5.44. The molecular formula is C19H31N5O3. The second kappa shape index (κ2) is 8.84. The van der Waals surface area contributed by atoms with Crippen LogP contribution in [0.25, 0.3) is 0 Å². The average molecular weight is 377 g/mol. The Morgan fingerprint density at radius 2 is 1.93 bits per heavy atom. The van der Waals surface area contributed by atoms with Crippen LogP contribution < -0.4 is 9.64 Å². The van der Waals surface area contributed by atoms with Crippen molar-refractivity contribution in [2.24, 2.45) is 0 Å². The van der Waals surface area contributed by atoms with E-state index in [-0.39, 0.29) is 11.5 Å². The number of hydrogen-bond acceptors (Lipinski definition) is 7. The number of carbonyl (C=O) groups is 1. The van der Waals surface area contributed by atoms with Gasteiger partial charge in [-0.3, -0.25) is 4.79 Å². The van der Waals surface area contributed by atoms with Gasteiger partial charge in [-0.25, -0.2) is 9.97 Å². The molecule has 27 heavy (non-hydrogen) atoms. The summed E-state index contributed by atoms with van der Waals surface area (Å²) in [5.74, 6) is 1.58. The molecule has 0 radical (unpaired) electrons. The van der Waals surface area contributed by atoms with E-state index in [2.05, 4.69) is 33.9 Å². The molecule has 1 amide bonds. The lowest BCUT2D eigenvalue weighted by molar-refractivity contribution is -0.134. The minimum absolute atomic E-state index is 0.223. The van der Waals surface area contributed by atoms with Gasteiger partial charge in [0, 0.05) is 26.2 Å². The summed E-state index contributed by atoms with van der Waals surface area (Å²) >= 11 is 0. The Hall–Kier alpha value is -1.93. The Bertz CT molecular complexity index is 614. The van der Waals surface area contributed by atoms with Crippen molar-refractivity contribution in [1.82, 2.24) is 19.8 Å². The van der Waals surface area contributed by atoms with Crippen molar-refractivity contribution < 1.29 is 14.3 Å². The minimum atomic E-state index is -0.337. The van der Waals surface area contributed by atoms with E-state index >= 15 is 0 Å². The van der Waals surface area contributed by atoms with Crippen LogP contribution in [-0.4, -0.2) is 91.8 Å². The van der Waals surface area contributed by atoms with Gasteiger partial charge < -0.3 is 24.2 Å². The predicted molar refractivity (Wildman–Crippen MR) is 103 cm³/mol. The van der Waals surface area contributed by atoms with Gasteiger partial charge in [-0.05, 0) is 39.9 Å². The summed E-state index contributed by atoms with van der Waals surface area (Å²) < 4.78 is 11.3. The normalized spacial score (nSPS) is 20.2. The summed E-state index contributed by atoms with van der Waals surface area (Å²) in [6, 6.07) is 0. The average Bonchev–Trinajstić information content (AvgIpc) is 2.81. The number of carbonyl (C=O) groups excluding carboxylic acids is 1. The van der Waals surface area contributed by atoms with Gasteiger partial charge in [-0.2, -0.15) is 0 Å². The first kappa shape index (κ1) is 19.8. The van der Waals surface area contributed by atoms with Crippen molar-refractivity contribution in [3.63, 3.8) is 0 Å². The smallest absolute Gasteiger partial charge is 0.225 e. The third kappa shape index (κ3) is 5.07. The molecule has 2 aliphatic heterocycles. The Kier molecular flexibility index (Phi) is 6.49. The summed E-state index contributed by atoms with van der Waals surface area (Å²) in [7, 11) is 5.72. The highest BCUT2D eigenvalue weighted by atomic mass is 16.5. The first-order valence-corrected chi connectivity index (χ1v) is 9.69. The van der Waals surface area contributed by atoms with Crippen LogP contribution in [0.4, 0.5) is 5.95 Å². The van der Waals surface area contributed by atoms with Gasteiger partial charge in [0.2, 0.25) is 11.9 Å². The lowest BCUT2D eigenvalue weighted by Crippen LogP contribution is -2.47. The van der Waals surface area contributed by atoms with Gasteiger partial charge in [0.05, 0.1) is 38.1 Å². The maximum atomic E-state index is 12.8. The van der Waals surface area contributed by atoms with Gasteiger partial charge in [0.25, 0.3) is 0 Å². The van der Waals surface area contributed by atoms with Crippen LogP contribution in [-0.2, 0) is 9.53 Å². The van der Waals surface area contributed by atoms with Crippen molar-refractivity contribution in [2.45, 2.75) is 31.3 Å². The van der Waals surface area contributed by atoms with Gasteiger partial charge >= 0.3 is 0 Å². The van der Waals surface area contributed by atoms with E-state index in [4.69, 9.17) is 9.47 Å². The monoisotopic (exact) mass is 377 g/mol. The van der Waals surface area contributed by atoms with Crippen molar-refractivity contribution >= 4 is 11.9 Å². The van der Waals surface area contributed by atoms with Crippen LogP contribution >= 0.6 is 0 Å². The third-order valence-electron chi connectivity index (χ3n) is 5.44. The zero-order valence-electron chi connectivity index (χ0n) is 16.7. The van der Waals surface area contributed by atoms with Crippen LogP contribution in [0.3, 0.4) is 0 Å². The summed E-state index contributed by atoms with van der Waals surface area (Å²) in [6.45, 7) is 4.70. The fourth-order valence-electron chi connectivity index (χ4n) is 3.76. The highest BCUT2D eigenvalue weighted by molar-refractivity contribution is 5.77. The maximum Gasteiger partial charge on any atom is 0.225 e. The number of piperidine rings is 1. The number of ether oxygens (including phenoxy) is 2. The molecule has 1 aromatic heterocycles. The van der Waals surface area contributed by atoms with E-state index in [0.29, 0.717) is 31.3 Å². The highest BCUT2D eigenvalue weighted by Gasteiger charge is 2.41. The fourth-order valence-corrected chi connectivity index (χ4v) is 3.76. The van der Waals surface area contributed by atoms with Crippen molar-refractivity contribution in [2.75, 3.05) is 65.4 Å². The standard InChI is InChI=1S/C19H31N5O3/c1-22(2)7-4-8-23-11-12-27-19(13-17(23)25)5-9-24(10-6-19)18-20-14-16(26-3)15-21-18/h14-15H,4-13H2,1-3H3. The Labute approximate surface area is 161 Å². The Morgan fingerprint density at radius 1 is 1.22 bits per heavy atom. The molecule has 8 heteroatoms. The molecule has 2 saturated heterocycles. The van der Waals surface area contributed by atoms with Gasteiger partial charge in [0.1, 0.15) is 0 Å². The Balaban J connectivity index is 1.54. The summed E-state index contributed by atoms with van der Waals surface area (Å²) in [5, 5.41) is 0. The van der Waals surface area contributed by atoms with Crippen LogP contribution in [0.5, 0.6) is 5.75 Å². The molecule has 0 atom stereocenters. The van der Waals surface area contributed by atoms with Gasteiger partial charge in [-0.1, -0.05) is 0 Å². The molecule has 1 spiro atoms. The quantitative estimate of drug-likeness (QED) is 0.733. The summed E-state index contributed by atoms with van der Waals surface area (Å²) in [6.07, 6.45) is 6.48. The van der Waals surface area contributed by atoms with Gasteiger partial charge in [-0.15, -0.1) is 0 Å².